The van der Waals surface area contributed by atoms with Crippen LogP contribution in [0.15, 0.2) is 42.5 Å². The minimum atomic E-state index is -0.930. The van der Waals surface area contributed by atoms with Gasteiger partial charge in [-0.1, -0.05) is 12.1 Å². The summed E-state index contributed by atoms with van der Waals surface area (Å²) in [5, 5.41) is 12.9. The van der Waals surface area contributed by atoms with Gasteiger partial charge in [0.05, 0.1) is 12.7 Å². The topological polar surface area (TPSA) is 48.5 Å². The monoisotopic (exact) mass is 380 g/mol. The van der Waals surface area contributed by atoms with Crippen LogP contribution in [0.25, 0.3) is 10.9 Å². The molecule has 2 N–H and O–H groups in total. The van der Waals surface area contributed by atoms with Crippen LogP contribution >= 0.6 is 0 Å². The van der Waals surface area contributed by atoms with Gasteiger partial charge < -0.3 is 19.7 Å². The van der Waals surface area contributed by atoms with Crippen molar-refractivity contribution in [1.82, 2.24) is 9.88 Å². The van der Waals surface area contributed by atoms with E-state index in [2.05, 4.69) is 29.1 Å². The first kappa shape index (κ1) is 17.7. The van der Waals surface area contributed by atoms with Crippen LogP contribution < -0.4 is 4.74 Å². The summed E-state index contributed by atoms with van der Waals surface area (Å²) in [4.78, 5) is 5.70. The summed E-state index contributed by atoms with van der Waals surface area (Å²) in [6.07, 6.45) is 2.07. The van der Waals surface area contributed by atoms with E-state index < -0.39 is 11.0 Å². The first-order valence-corrected chi connectivity index (χ1v) is 9.79. The number of nitrogens with zero attached hydrogens (tertiary/aromatic N) is 1. The SMILES string of the molecule is COc1cccc(C23CCN(C)CC2(O)Cc2c([nH]c4ccc(F)cc24)C3)c1. The third-order valence-electron chi connectivity index (χ3n) is 6.87. The number of methoxy groups -OCH3 is 1. The Morgan fingerprint density at radius 1 is 1.18 bits per heavy atom. The smallest absolute Gasteiger partial charge is 0.123 e. The van der Waals surface area contributed by atoms with Crippen molar-refractivity contribution in [2.45, 2.75) is 30.3 Å². The predicted octanol–water partition coefficient (Wildman–Crippen LogP) is 3.42. The van der Waals surface area contributed by atoms with E-state index in [-0.39, 0.29) is 5.82 Å². The van der Waals surface area contributed by atoms with Gasteiger partial charge in [-0.2, -0.15) is 0 Å². The standard InChI is InChI=1S/C23H25FN2O2/c1-26-9-8-22(15-4-3-5-17(10-15)28-2)13-21-19(12-23(22,27)14-26)18-11-16(24)6-7-20(18)25-21/h3-7,10-11,25,27H,8-9,12-14H2,1-2H3. The molecule has 0 radical (unpaired) electrons. The summed E-state index contributed by atoms with van der Waals surface area (Å²) < 4.78 is 19.4. The van der Waals surface area contributed by atoms with E-state index in [9.17, 15) is 9.50 Å². The number of ether oxygens (including phenoxy) is 1. The second-order valence-corrected chi connectivity index (χ2v) is 8.46. The Bertz CT molecular complexity index is 1060. The zero-order chi connectivity index (χ0) is 19.5. The molecule has 1 aromatic heterocycles. The van der Waals surface area contributed by atoms with Gasteiger partial charge >= 0.3 is 0 Å². The third-order valence-corrected chi connectivity index (χ3v) is 6.87. The van der Waals surface area contributed by atoms with Gasteiger partial charge in [0.25, 0.3) is 0 Å². The van der Waals surface area contributed by atoms with Crippen LogP contribution in [-0.4, -0.2) is 47.8 Å². The number of rotatable bonds is 2. The Morgan fingerprint density at radius 2 is 2.04 bits per heavy atom. The summed E-state index contributed by atoms with van der Waals surface area (Å²) >= 11 is 0. The van der Waals surface area contributed by atoms with E-state index in [0.29, 0.717) is 19.4 Å². The number of fused-ring (bicyclic) bond motifs is 4. The third kappa shape index (κ3) is 2.43. The fourth-order valence-corrected chi connectivity index (χ4v) is 5.43. The van der Waals surface area contributed by atoms with Crippen molar-refractivity contribution < 1.29 is 14.2 Å². The molecule has 1 fully saturated rings. The van der Waals surface area contributed by atoms with E-state index in [1.54, 1.807) is 19.2 Å². The number of likely N-dealkylation sites (tertiary alicyclic amines) is 1. The second-order valence-electron chi connectivity index (χ2n) is 8.46. The molecule has 1 aliphatic carbocycles. The lowest BCUT2D eigenvalue weighted by Crippen LogP contribution is -2.65. The Hall–Kier alpha value is -2.37. The van der Waals surface area contributed by atoms with Crippen molar-refractivity contribution in [3.63, 3.8) is 0 Å². The average molecular weight is 380 g/mol. The highest BCUT2D eigenvalue weighted by Crippen LogP contribution is 2.51. The largest absolute Gasteiger partial charge is 0.497 e. The number of likely N-dealkylation sites (N-methyl/N-ethyl adjacent to an activating group) is 1. The summed E-state index contributed by atoms with van der Waals surface area (Å²) in [6, 6.07) is 13.0. The van der Waals surface area contributed by atoms with Crippen LogP contribution in [0.3, 0.4) is 0 Å². The minimum absolute atomic E-state index is 0.244. The Kier molecular flexibility index (Phi) is 3.83. The van der Waals surface area contributed by atoms with Crippen LogP contribution in [0, 0.1) is 5.82 Å². The van der Waals surface area contributed by atoms with Gasteiger partial charge in [0.15, 0.2) is 0 Å². The summed E-state index contributed by atoms with van der Waals surface area (Å²) in [5.41, 5.74) is 2.87. The molecular weight excluding hydrogens is 355 g/mol. The molecule has 4 nitrogen and oxygen atoms in total. The van der Waals surface area contributed by atoms with Gasteiger partial charge in [-0.05, 0) is 61.5 Å². The zero-order valence-corrected chi connectivity index (χ0v) is 16.3. The molecule has 28 heavy (non-hydrogen) atoms. The molecule has 3 aromatic rings. The maximum atomic E-state index is 13.9. The van der Waals surface area contributed by atoms with Crippen molar-refractivity contribution >= 4 is 10.9 Å². The number of halogens is 1. The fraction of sp³-hybridized carbons (Fsp3) is 0.391. The molecule has 5 heteroatoms. The Labute approximate surface area is 163 Å². The molecule has 2 atom stereocenters. The van der Waals surface area contributed by atoms with Crippen molar-refractivity contribution in [1.29, 1.82) is 0 Å². The van der Waals surface area contributed by atoms with E-state index in [0.717, 1.165) is 46.4 Å². The molecule has 0 bridgehead atoms. The van der Waals surface area contributed by atoms with Crippen molar-refractivity contribution in [2.75, 3.05) is 27.2 Å². The number of hydrogen-bond acceptors (Lipinski definition) is 3. The molecular formula is C23H25FN2O2. The molecule has 146 valence electrons. The highest BCUT2D eigenvalue weighted by molar-refractivity contribution is 5.85. The highest BCUT2D eigenvalue weighted by atomic mass is 19.1. The molecule has 1 saturated heterocycles. The quantitative estimate of drug-likeness (QED) is 0.716. The molecule has 2 unspecified atom stereocenters. The van der Waals surface area contributed by atoms with Gasteiger partial charge in [-0.25, -0.2) is 4.39 Å². The maximum Gasteiger partial charge on any atom is 0.123 e. The molecule has 2 aliphatic rings. The molecule has 0 spiro atoms. The summed E-state index contributed by atoms with van der Waals surface area (Å²) in [5.74, 6) is 0.560. The number of aliphatic hydroxyl groups is 1. The number of nitrogens with one attached hydrogen (secondary N) is 1. The normalized spacial score (nSPS) is 27.4. The summed E-state index contributed by atoms with van der Waals surface area (Å²) in [7, 11) is 3.72. The van der Waals surface area contributed by atoms with Gasteiger partial charge in [0.2, 0.25) is 0 Å². The number of H-pyrrole nitrogens is 1. The fourth-order valence-electron chi connectivity index (χ4n) is 5.43. The van der Waals surface area contributed by atoms with Gasteiger partial charge in [0, 0.05) is 41.4 Å². The lowest BCUT2D eigenvalue weighted by molar-refractivity contribution is -0.0972. The van der Waals surface area contributed by atoms with Crippen LogP contribution in [0.2, 0.25) is 0 Å². The molecule has 5 rings (SSSR count). The zero-order valence-electron chi connectivity index (χ0n) is 16.3. The number of aromatic nitrogens is 1. The number of benzene rings is 2. The molecule has 2 aromatic carbocycles. The van der Waals surface area contributed by atoms with Crippen molar-refractivity contribution in [3.8, 4) is 5.75 Å². The van der Waals surface area contributed by atoms with Gasteiger partial charge in [0.1, 0.15) is 11.6 Å². The van der Waals surface area contributed by atoms with E-state index in [4.69, 9.17) is 4.74 Å². The highest BCUT2D eigenvalue weighted by Gasteiger charge is 2.57. The number of aromatic amines is 1. The van der Waals surface area contributed by atoms with Gasteiger partial charge in [-0.3, -0.25) is 0 Å². The van der Waals surface area contributed by atoms with E-state index in [1.165, 1.54) is 6.07 Å². The number of piperidine rings is 1. The van der Waals surface area contributed by atoms with Crippen LogP contribution in [0.4, 0.5) is 4.39 Å². The Morgan fingerprint density at radius 3 is 2.86 bits per heavy atom. The maximum absolute atomic E-state index is 13.9. The molecule has 1 aliphatic heterocycles. The lowest BCUT2D eigenvalue weighted by atomic mass is 9.56. The predicted molar refractivity (Wildman–Crippen MR) is 107 cm³/mol. The molecule has 2 heterocycles. The van der Waals surface area contributed by atoms with E-state index >= 15 is 0 Å². The number of hydrogen-bond donors (Lipinski definition) is 2. The van der Waals surface area contributed by atoms with E-state index in [1.807, 2.05) is 12.1 Å². The first-order chi connectivity index (χ1) is 13.4. The molecule has 0 saturated carbocycles. The average Bonchev–Trinajstić information content (AvgIpc) is 3.01. The van der Waals surface area contributed by atoms with Crippen molar-refractivity contribution in [3.05, 3.63) is 65.1 Å². The lowest BCUT2D eigenvalue weighted by Gasteiger charge is -2.56. The van der Waals surface area contributed by atoms with Crippen LogP contribution in [0.5, 0.6) is 5.75 Å². The van der Waals surface area contributed by atoms with Crippen molar-refractivity contribution in [2.24, 2.45) is 0 Å². The van der Waals surface area contributed by atoms with Crippen LogP contribution in [-0.2, 0) is 18.3 Å². The minimum Gasteiger partial charge on any atom is -0.497 e. The van der Waals surface area contributed by atoms with Crippen LogP contribution in [0.1, 0.15) is 23.2 Å². The number of β-amino-alcohol motifs (C(OH)–C–C–N with tert-alkyl or cyclic N) is 1. The van der Waals surface area contributed by atoms with Gasteiger partial charge in [-0.15, -0.1) is 0 Å². The second kappa shape index (κ2) is 6.06. The Balaban J connectivity index is 1.72. The molecule has 0 amide bonds. The summed E-state index contributed by atoms with van der Waals surface area (Å²) in [6.45, 7) is 1.51. The first-order valence-electron chi connectivity index (χ1n) is 9.79.